The molecule has 0 saturated carbocycles. The number of H-pyrrole nitrogens is 1. The maximum Gasteiger partial charge on any atom is 0.274 e. The summed E-state index contributed by atoms with van der Waals surface area (Å²) < 4.78 is 1.31. The van der Waals surface area contributed by atoms with Crippen LogP contribution in [0.3, 0.4) is 0 Å². The number of aromatic amines is 1. The molecule has 4 rings (SSSR count). The normalized spacial score (nSPS) is 11.1. The van der Waals surface area contributed by atoms with E-state index in [2.05, 4.69) is 15.1 Å². The Labute approximate surface area is 146 Å². The number of fused-ring (bicyclic) bond motifs is 1. The van der Waals surface area contributed by atoms with Crippen LogP contribution < -0.4 is 5.56 Å². The van der Waals surface area contributed by atoms with Crippen molar-refractivity contribution in [3.8, 4) is 22.5 Å². The molecule has 0 radical (unpaired) electrons. The number of rotatable bonds is 2. The molecule has 0 spiro atoms. The highest BCUT2D eigenvalue weighted by Gasteiger charge is 2.12. The van der Waals surface area contributed by atoms with Gasteiger partial charge in [0.25, 0.3) is 5.56 Å². The number of halogens is 2. The smallest absolute Gasteiger partial charge is 0.274 e. The predicted octanol–water partition coefficient (Wildman–Crippen LogP) is 4.06. The maximum atomic E-state index is 12.4. The highest BCUT2D eigenvalue weighted by molar-refractivity contribution is 6.42. The van der Waals surface area contributed by atoms with Crippen molar-refractivity contribution in [3.63, 3.8) is 0 Å². The first kappa shape index (κ1) is 14.9. The van der Waals surface area contributed by atoms with Crippen LogP contribution in [0, 0.1) is 0 Å². The summed E-state index contributed by atoms with van der Waals surface area (Å²) in [6.07, 6.45) is 3.31. The van der Waals surface area contributed by atoms with Crippen LogP contribution >= 0.6 is 23.2 Å². The molecule has 3 aromatic heterocycles. The largest absolute Gasteiger partial charge is 0.339 e. The van der Waals surface area contributed by atoms with E-state index in [1.807, 2.05) is 18.2 Å². The van der Waals surface area contributed by atoms with Crippen LogP contribution in [0.15, 0.2) is 59.7 Å². The van der Waals surface area contributed by atoms with Crippen LogP contribution in [0.5, 0.6) is 0 Å². The number of hydrogen-bond acceptors (Lipinski definition) is 3. The number of pyridine rings is 1. The Hall–Kier alpha value is -2.63. The lowest BCUT2D eigenvalue weighted by Crippen LogP contribution is -2.14. The average molecular weight is 357 g/mol. The molecular weight excluding hydrogens is 347 g/mol. The Morgan fingerprint density at radius 2 is 1.92 bits per heavy atom. The number of nitrogens with zero attached hydrogens (tertiary/aromatic N) is 3. The molecule has 0 unspecified atom stereocenters. The summed E-state index contributed by atoms with van der Waals surface area (Å²) in [5, 5.41) is 5.03. The van der Waals surface area contributed by atoms with Crippen molar-refractivity contribution < 1.29 is 0 Å². The monoisotopic (exact) mass is 356 g/mol. The molecule has 0 atom stereocenters. The summed E-state index contributed by atoms with van der Waals surface area (Å²) in [5.74, 6) is 0. The van der Waals surface area contributed by atoms with E-state index in [9.17, 15) is 4.79 Å². The molecule has 0 amide bonds. The van der Waals surface area contributed by atoms with Gasteiger partial charge < -0.3 is 4.98 Å². The van der Waals surface area contributed by atoms with Gasteiger partial charge in [0.1, 0.15) is 5.65 Å². The third-order valence-electron chi connectivity index (χ3n) is 3.67. The molecule has 0 fully saturated rings. The zero-order valence-corrected chi connectivity index (χ0v) is 13.7. The first-order valence-electron chi connectivity index (χ1n) is 7.11. The minimum atomic E-state index is -0.244. The van der Waals surface area contributed by atoms with Gasteiger partial charge in [-0.15, -0.1) is 0 Å². The van der Waals surface area contributed by atoms with Crippen LogP contribution in [-0.2, 0) is 0 Å². The van der Waals surface area contributed by atoms with Crippen LogP contribution in [0.1, 0.15) is 0 Å². The highest BCUT2D eigenvalue weighted by Crippen LogP contribution is 2.28. The Morgan fingerprint density at radius 3 is 2.67 bits per heavy atom. The molecule has 0 saturated heterocycles. The molecule has 3 heterocycles. The van der Waals surface area contributed by atoms with Crippen molar-refractivity contribution in [2.75, 3.05) is 0 Å². The maximum absolute atomic E-state index is 12.4. The molecule has 1 N–H and O–H groups in total. The van der Waals surface area contributed by atoms with E-state index in [0.29, 0.717) is 21.4 Å². The van der Waals surface area contributed by atoms with E-state index in [0.717, 1.165) is 16.8 Å². The van der Waals surface area contributed by atoms with Crippen molar-refractivity contribution in [1.82, 2.24) is 19.6 Å². The zero-order valence-electron chi connectivity index (χ0n) is 12.2. The molecular formula is C17H10Cl2N4O. The Balaban J connectivity index is 1.96. The lowest BCUT2D eigenvalue weighted by Gasteiger charge is -2.06. The second-order valence-electron chi connectivity index (χ2n) is 5.18. The number of aromatic nitrogens is 4. The van der Waals surface area contributed by atoms with Gasteiger partial charge in [0, 0.05) is 12.3 Å². The molecule has 5 nitrogen and oxygen atoms in total. The lowest BCUT2D eigenvalue weighted by atomic mass is 10.1. The molecule has 0 aliphatic heterocycles. The second-order valence-corrected chi connectivity index (χ2v) is 6.00. The number of nitrogens with one attached hydrogen (secondary N) is 1. The standard InChI is InChI=1S/C17H10Cl2N4O/c18-12-5-4-10(7-13(12)19)15-8-16(24)23-17(22-15)11(9-21-23)14-3-1-2-6-20-14/h1-9,22H. The van der Waals surface area contributed by atoms with Crippen molar-refractivity contribution in [2.24, 2.45) is 0 Å². The molecule has 4 aromatic rings. The van der Waals surface area contributed by atoms with Crippen LogP contribution in [0.4, 0.5) is 0 Å². The van der Waals surface area contributed by atoms with Crippen molar-refractivity contribution in [2.45, 2.75) is 0 Å². The summed E-state index contributed by atoms with van der Waals surface area (Å²) >= 11 is 12.0. The molecule has 7 heteroatoms. The van der Waals surface area contributed by atoms with E-state index >= 15 is 0 Å². The third kappa shape index (κ3) is 2.48. The van der Waals surface area contributed by atoms with Crippen molar-refractivity contribution >= 4 is 28.8 Å². The Kier molecular flexibility index (Phi) is 3.59. The molecule has 24 heavy (non-hydrogen) atoms. The van der Waals surface area contributed by atoms with Gasteiger partial charge in [-0.05, 0) is 29.8 Å². The lowest BCUT2D eigenvalue weighted by molar-refractivity contribution is 0.901. The molecule has 0 aliphatic carbocycles. The Bertz CT molecular complexity index is 1100. The second kappa shape index (κ2) is 5.78. The fourth-order valence-corrected chi connectivity index (χ4v) is 2.81. The van der Waals surface area contributed by atoms with Gasteiger partial charge in [-0.1, -0.05) is 35.3 Å². The van der Waals surface area contributed by atoms with E-state index in [-0.39, 0.29) is 5.56 Å². The molecule has 0 aliphatic rings. The fraction of sp³-hybridized carbons (Fsp3) is 0. The number of hydrogen-bond donors (Lipinski definition) is 1. The van der Waals surface area contributed by atoms with Crippen molar-refractivity contribution in [1.29, 1.82) is 0 Å². The fourth-order valence-electron chi connectivity index (χ4n) is 2.51. The zero-order chi connectivity index (χ0) is 16.7. The van der Waals surface area contributed by atoms with Crippen LogP contribution in [0.2, 0.25) is 10.0 Å². The first-order valence-corrected chi connectivity index (χ1v) is 7.87. The first-order chi connectivity index (χ1) is 11.6. The summed E-state index contributed by atoms with van der Waals surface area (Å²) in [4.78, 5) is 19.9. The third-order valence-corrected chi connectivity index (χ3v) is 4.41. The van der Waals surface area contributed by atoms with E-state index < -0.39 is 0 Å². The van der Waals surface area contributed by atoms with Crippen LogP contribution in [-0.4, -0.2) is 19.6 Å². The molecule has 0 bridgehead atoms. The highest BCUT2D eigenvalue weighted by atomic mass is 35.5. The average Bonchev–Trinajstić information content (AvgIpc) is 3.02. The quantitative estimate of drug-likeness (QED) is 0.589. The molecule has 1 aromatic carbocycles. The minimum absolute atomic E-state index is 0.244. The van der Waals surface area contributed by atoms with Gasteiger partial charge in [-0.2, -0.15) is 9.61 Å². The molecule has 118 valence electrons. The van der Waals surface area contributed by atoms with E-state index in [4.69, 9.17) is 23.2 Å². The summed E-state index contributed by atoms with van der Waals surface area (Å²) in [6, 6.07) is 12.3. The van der Waals surface area contributed by atoms with Gasteiger partial charge in [0.2, 0.25) is 0 Å². The SMILES string of the molecule is O=c1cc(-c2ccc(Cl)c(Cl)c2)[nH]c2c(-c3ccccn3)cnn12. The summed E-state index contributed by atoms with van der Waals surface area (Å²) in [6.45, 7) is 0. The van der Waals surface area contributed by atoms with Gasteiger partial charge in [-0.3, -0.25) is 9.78 Å². The van der Waals surface area contributed by atoms with E-state index in [1.165, 1.54) is 10.6 Å². The van der Waals surface area contributed by atoms with Gasteiger partial charge >= 0.3 is 0 Å². The predicted molar refractivity (Wildman–Crippen MR) is 94.5 cm³/mol. The van der Waals surface area contributed by atoms with Crippen molar-refractivity contribution in [3.05, 3.63) is 75.3 Å². The van der Waals surface area contributed by atoms with Gasteiger partial charge in [0.15, 0.2) is 0 Å². The Morgan fingerprint density at radius 1 is 1.04 bits per heavy atom. The van der Waals surface area contributed by atoms with Gasteiger partial charge in [0.05, 0.1) is 33.2 Å². The minimum Gasteiger partial charge on any atom is -0.339 e. The topological polar surface area (TPSA) is 63.0 Å². The van der Waals surface area contributed by atoms with Gasteiger partial charge in [-0.25, -0.2) is 0 Å². The van der Waals surface area contributed by atoms with E-state index in [1.54, 1.807) is 30.6 Å². The summed E-state index contributed by atoms with van der Waals surface area (Å²) in [7, 11) is 0. The van der Waals surface area contributed by atoms with Crippen LogP contribution in [0.25, 0.3) is 28.2 Å². The number of benzene rings is 1. The summed E-state index contributed by atoms with van der Waals surface area (Å²) in [5.41, 5.74) is 3.19.